The number of carbonyl (C=O) groups is 3. The lowest BCUT2D eigenvalue weighted by Gasteiger charge is -2.36. The zero-order valence-corrected chi connectivity index (χ0v) is 23.9. The molecule has 7 nitrogen and oxygen atoms in total. The van der Waals surface area contributed by atoms with Crippen LogP contribution in [0.25, 0.3) is 0 Å². The average molecular weight is 513 g/mol. The van der Waals surface area contributed by atoms with E-state index in [9.17, 15) is 14.4 Å². The molecule has 0 aliphatic carbocycles. The Morgan fingerprint density at radius 1 is 0.944 bits per heavy atom. The molecule has 36 heavy (non-hydrogen) atoms. The number of rotatable bonds is 8. The summed E-state index contributed by atoms with van der Waals surface area (Å²) < 4.78 is 11.6. The lowest BCUT2D eigenvalue weighted by atomic mass is 10.0. The number of nitrogens with one attached hydrogen (secondary N) is 2. The van der Waals surface area contributed by atoms with E-state index in [1.54, 1.807) is 45.9 Å². The molecule has 0 unspecified atom stereocenters. The fraction of sp³-hybridized carbons (Fsp3) is 0.464. The molecule has 8 heteroatoms. The van der Waals surface area contributed by atoms with Gasteiger partial charge in [0.15, 0.2) is 5.78 Å². The maximum absolute atomic E-state index is 13.4. The summed E-state index contributed by atoms with van der Waals surface area (Å²) in [6.45, 7) is 17.5. The van der Waals surface area contributed by atoms with E-state index in [0.29, 0.717) is 17.0 Å². The van der Waals surface area contributed by atoms with Gasteiger partial charge in [0.05, 0.1) is 5.69 Å². The van der Waals surface area contributed by atoms with Gasteiger partial charge in [0.25, 0.3) is 0 Å². The van der Waals surface area contributed by atoms with Crippen LogP contribution in [0.4, 0.5) is 10.5 Å². The summed E-state index contributed by atoms with van der Waals surface area (Å²) in [7, 11) is -2.14. The van der Waals surface area contributed by atoms with E-state index >= 15 is 0 Å². The zero-order chi connectivity index (χ0) is 27.3. The van der Waals surface area contributed by atoms with Crippen molar-refractivity contribution in [3.05, 3.63) is 59.7 Å². The summed E-state index contributed by atoms with van der Waals surface area (Å²) in [5, 5.41) is 5.30. The van der Waals surface area contributed by atoms with Crippen LogP contribution < -0.4 is 15.1 Å². The zero-order valence-electron chi connectivity index (χ0n) is 22.9. The van der Waals surface area contributed by atoms with Gasteiger partial charge in [-0.1, -0.05) is 51.1 Å². The summed E-state index contributed by atoms with van der Waals surface area (Å²) >= 11 is 0. The molecular weight excluding hydrogens is 472 g/mol. The van der Waals surface area contributed by atoms with Crippen LogP contribution in [0.2, 0.25) is 18.1 Å². The monoisotopic (exact) mass is 512 g/mol. The van der Waals surface area contributed by atoms with Crippen molar-refractivity contribution in [1.29, 1.82) is 0 Å². The maximum Gasteiger partial charge on any atom is 0.408 e. The normalized spacial score (nSPS) is 12.9. The molecule has 0 saturated carbocycles. The number of ketones is 1. The highest BCUT2D eigenvalue weighted by Crippen LogP contribution is 2.38. The van der Waals surface area contributed by atoms with Crippen LogP contribution in [0.5, 0.6) is 5.75 Å². The first-order chi connectivity index (χ1) is 16.5. The SMILES string of the molecule is C[C@@H](NC(=O)OC(C)(C)C)C(=O)Nc1ccc(O[Si](C)(C)C(C)(C)C)cc1C(=O)Cc1ccccc1. The van der Waals surface area contributed by atoms with Gasteiger partial charge in [-0.05, 0) is 69.6 Å². The first-order valence-corrected chi connectivity index (χ1v) is 15.1. The molecule has 0 aliphatic heterocycles. The molecule has 2 aromatic carbocycles. The Hall–Kier alpha value is -3.13. The summed E-state index contributed by atoms with van der Waals surface area (Å²) in [6.07, 6.45) is -0.512. The second kappa shape index (κ2) is 11.3. The van der Waals surface area contributed by atoms with Crippen LogP contribution in [-0.4, -0.2) is 37.7 Å². The number of carbonyl (C=O) groups excluding carboxylic acids is 3. The van der Waals surface area contributed by atoms with Crippen LogP contribution >= 0.6 is 0 Å². The molecule has 0 fully saturated rings. The molecule has 0 aromatic heterocycles. The number of anilines is 1. The number of ether oxygens (including phenoxy) is 1. The van der Waals surface area contributed by atoms with Crippen molar-refractivity contribution in [2.45, 2.75) is 84.7 Å². The van der Waals surface area contributed by atoms with Gasteiger partial charge < -0.3 is 19.8 Å². The van der Waals surface area contributed by atoms with Crippen molar-refractivity contribution >= 4 is 31.8 Å². The van der Waals surface area contributed by atoms with Crippen molar-refractivity contribution in [3.8, 4) is 5.75 Å². The smallest absolute Gasteiger partial charge is 0.408 e. The third-order valence-electron chi connectivity index (χ3n) is 6.06. The minimum absolute atomic E-state index is 0.0170. The summed E-state index contributed by atoms with van der Waals surface area (Å²) in [5.74, 6) is -0.0199. The van der Waals surface area contributed by atoms with Crippen molar-refractivity contribution in [2.75, 3.05) is 5.32 Å². The molecule has 1 atom stereocenters. The molecular formula is C28H40N2O5Si. The van der Waals surface area contributed by atoms with E-state index in [1.807, 2.05) is 30.3 Å². The third-order valence-corrected chi connectivity index (χ3v) is 10.4. The van der Waals surface area contributed by atoms with Gasteiger partial charge in [0.2, 0.25) is 14.2 Å². The van der Waals surface area contributed by atoms with Crippen molar-refractivity contribution < 1.29 is 23.5 Å². The van der Waals surface area contributed by atoms with E-state index in [1.165, 1.54) is 0 Å². The Kier molecular flexibility index (Phi) is 9.12. The summed E-state index contributed by atoms with van der Waals surface area (Å²) in [6, 6.07) is 13.7. The largest absolute Gasteiger partial charge is 0.543 e. The Morgan fingerprint density at radius 2 is 1.56 bits per heavy atom. The van der Waals surface area contributed by atoms with Gasteiger partial charge >= 0.3 is 6.09 Å². The Bertz CT molecular complexity index is 1090. The minimum atomic E-state index is -2.14. The topological polar surface area (TPSA) is 93.7 Å². The average Bonchev–Trinajstić information content (AvgIpc) is 2.73. The molecule has 0 bridgehead atoms. The standard InChI is InChI=1S/C28H40N2O5Si/c1-19(29-26(33)34-27(2,3)4)25(32)30-23-16-15-21(35-36(8,9)28(5,6)7)18-22(23)24(31)17-20-13-11-10-12-14-20/h10-16,18-19H,17H2,1-9H3,(H,29,33)(H,30,32)/t19-/m1/s1. The highest BCUT2D eigenvalue weighted by Gasteiger charge is 2.39. The van der Waals surface area contributed by atoms with Gasteiger partial charge in [-0.15, -0.1) is 0 Å². The molecule has 196 valence electrons. The number of benzene rings is 2. The van der Waals surface area contributed by atoms with Crippen LogP contribution in [0.15, 0.2) is 48.5 Å². The van der Waals surface area contributed by atoms with E-state index in [2.05, 4.69) is 44.5 Å². The van der Waals surface area contributed by atoms with E-state index in [0.717, 1.165) is 5.56 Å². The van der Waals surface area contributed by atoms with Crippen molar-refractivity contribution in [1.82, 2.24) is 5.32 Å². The summed E-state index contributed by atoms with van der Waals surface area (Å²) in [5.41, 5.74) is 0.904. The number of hydrogen-bond acceptors (Lipinski definition) is 5. The van der Waals surface area contributed by atoms with Crippen molar-refractivity contribution in [2.24, 2.45) is 0 Å². The highest BCUT2D eigenvalue weighted by molar-refractivity contribution is 6.74. The fourth-order valence-corrected chi connectivity index (χ4v) is 4.06. The van der Waals surface area contributed by atoms with Gasteiger partial charge in [-0.3, -0.25) is 9.59 Å². The van der Waals surface area contributed by atoms with E-state index in [4.69, 9.17) is 9.16 Å². The predicted octanol–water partition coefficient (Wildman–Crippen LogP) is 6.35. The molecule has 0 heterocycles. The Balaban J connectivity index is 2.31. The van der Waals surface area contributed by atoms with Crippen LogP contribution in [0, 0.1) is 0 Å². The minimum Gasteiger partial charge on any atom is -0.543 e. The van der Waals surface area contributed by atoms with Crippen LogP contribution in [-0.2, 0) is 16.0 Å². The van der Waals surface area contributed by atoms with Gasteiger partial charge in [-0.2, -0.15) is 0 Å². The van der Waals surface area contributed by atoms with E-state index < -0.39 is 32.0 Å². The van der Waals surface area contributed by atoms with Crippen LogP contribution in [0.1, 0.15) is 64.4 Å². The first-order valence-electron chi connectivity index (χ1n) is 12.2. The van der Waals surface area contributed by atoms with Gasteiger partial charge in [-0.25, -0.2) is 4.79 Å². The van der Waals surface area contributed by atoms with Crippen molar-refractivity contribution in [3.63, 3.8) is 0 Å². The molecule has 0 aliphatic rings. The van der Waals surface area contributed by atoms with Gasteiger partial charge in [0, 0.05) is 12.0 Å². The number of alkyl carbamates (subject to hydrolysis) is 1. The van der Waals surface area contributed by atoms with Crippen LogP contribution in [0.3, 0.4) is 0 Å². The Labute approximate surface area is 216 Å². The van der Waals surface area contributed by atoms with Gasteiger partial charge in [0.1, 0.15) is 17.4 Å². The summed E-state index contributed by atoms with van der Waals surface area (Å²) in [4.78, 5) is 38.3. The molecule has 0 radical (unpaired) electrons. The maximum atomic E-state index is 13.4. The molecule has 2 amide bonds. The van der Waals surface area contributed by atoms with E-state index in [-0.39, 0.29) is 17.2 Å². The molecule has 2 aromatic rings. The Morgan fingerprint density at radius 3 is 2.11 bits per heavy atom. The highest BCUT2D eigenvalue weighted by atomic mass is 28.4. The quantitative estimate of drug-likeness (QED) is 0.318. The predicted molar refractivity (Wildman–Crippen MR) is 146 cm³/mol. The third kappa shape index (κ3) is 8.51. The molecule has 2 rings (SSSR count). The number of amides is 2. The molecule has 0 spiro atoms. The molecule has 0 saturated heterocycles. The number of hydrogen-bond donors (Lipinski definition) is 2. The number of Topliss-reactive ketones (excluding diaryl/α,β-unsaturated/α-hetero) is 1. The second-order valence-electron chi connectivity index (χ2n) is 11.5. The lowest BCUT2D eigenvalue weighted by molar-refractivity contribution is -0.117. The first kappa shape index (κ1) is 29.1. The fourth-order valence-electron chi connectivity index (χ4n) is 3.04. The second-order valence-corrected chi connectivity index (χ2v) is 16.2. The molecule has 2 N–H and O–H groups in total. The lowest BCUT2D eigenvalue weighted by Crippen LogP contribution is -2.44.